The minimum absolute atomic E-state index is 0.0264. The van der Waals surface area contributed by atoms with E-state index in [1.807, 2.05) is 0 Å². The molecule has 0 radical (unpaired) electrons. The molecule has 6 nitrogen and oxygen atoms in total. The highest BCUT2D eigenvalue weighted by atomic mass is 19.4. The van der Waals surface area contributed by atoms with Crippen LogP contribution in [0.3, 0.4) is 0 Å². The highest BCUT2D eigenvalue weighted by Crippen LogP contribution is 2.31. The van der Waals surface area contributed by atoms with Crippen LogP contribution in [0.5, 0.6) is 0 Å². The van der Waals surface area contributed by atoms with E-state index in [4.69, 9.17) is 0 Å². The molecule has 0 amide bonds. The van der Waals surface area contributed by atoms with Gasteiger partial charge in [0.15, 0.2) is 0 Å². The lowest BCUT2D eigenvalue weighted by Gasteiger charge is -2.14. The molecule has 31 heavy (non-hydrogen) atoms. The summed E-state index contributed by atoms with van der Waals surface area (Å²) < 4.78 is 76.4. The maximum atomic E-state index is 12.9. The molecule has 0 aliphatic rings. The second kappa shape index (κ2) is 9.06. The van der Waals surface area contributed by atoms with Crippen molar-refractivity contribution >= 4 is 23.3 Å². The first kappa shape index (κ1) is 22.1. The molecule has 2 heterocycles. The summed E-state index contributed by atoms with van der Waals surface area (Å²) in [4.78, 5) is 12.1. The average Bonchev–Trinajstić information content (AvgIpc) is 2.71. The number of hydrogen-bond donors (Lipinski definition) is 3. The largest absolute Gasteiger partial charge is 0.416 e. The fourth-order valence-electron chi connectivity index (χ4n) is 2.46. The van der Waals surface area contributed by atoms with Crippen LogP contribution in [0.2, 0.25) is 0 Å². The molecule has 0 spiro atoms. The first-order valence-electron chi connectivity index (χ1n) is 8.86. The van der Waals surface area contributed by atoms with Crippen LogP contribution in [0.4, 0.5) is 49.6 Å². The second-order valence-corrected chi connectivity index (χ2v) is 6.31. The zero-order chi connectivity index (χ0) is 22.5. The summed E-state index contributed by atoms with van der Waals surface area (Å²) in [5.74, 6) is -0.194. The Balaban J connectivity index is 1.83. The van der Waals surface area contributed by atoms with Crippen molar-refractivity contribution < 1.29 is 26.3 Å². The number of halogens is 6. The van der Waals surface area contributed by atoms with Crippen LogP contribution in [0.1, 0.15) is 11.3 Å². The number of hydrogen-bond acceptors (Lipinski definition) is 6. The molecule has 2 aromatic heterocycles. The smallest absolute Gasteiger partial charge is 0.364 e. The van der Waals surface area contributed by atoms with Gasteiger partial charge in [-0.05, 0) is 30.3 Å². The highest BCUT2D eigenvalue weighted by Gasteiger charge is 2.30. The molecule has 12 heteroatoms. The van der Waals surface area contributed by atoms with Gasteiger partial charge in [0, 0.05) is 18.0 Å². The summed E-state index contributed by atoms with van der Waals surface area (Å²) in [6.07, 6.45) is -7.46. The maximum absolute atomic E-state index is 12.9. The van der Waals surface area contributed by atoms with Gasteiger partial charge in [0.05, 0.1) is 17.8 Å². The van der Waals surface area contributed by atoms with Gasteiger partial charge >= 0.3 is 12.4 Å². The van der Waals surface area contributed by atoms with E-state index in [1.54, 1.807) is 24.4 Å². The number of alkyl halides is 6. The van der Waals surface area contributed by atoms with E-state index in [-0.39, 0.29) is 29.8 Å². The number of nitrogens with zero attached hydrogens (tertiary/aromatic N) is 3. The van der Waals surface area contributed by atoms with Gasteiger partial charge in [-0.1, -0.05) is 12.1 Å². The number of nitrogens with one attached hydrogen (secondary N) is 3. The van der Waals surface area contributed by atoms with Crippen molar-refractivity contribution in [1.29, 1.82) is 0 Å². The third-order valence-electron chi connectivity index (χ3n) is 3.82. The first-order chi connectivity index (χ1) is 14.6. The lowest BCUT2D eigenvalue weighted by molar-refractivity contribution is -0.137. The second-order valence-electron chi connectivity index (χ2n) is 6.31. The van der Waals surface area contributed by atoms with Crippen LogP contribution >= 0.6 is 0 Å². The molecule has 0 aliphatic carbocycles. The minimum Gasteiger partial charge on any atom is -0.364 e. The summed E-state index contributed by atoms with van der Waals surface area (Å²) >= 11 is 0. The number of anilines is 4. The Morgan fingerprint density at radius 3 is 2.19 bits per heavy atom. The summed E-state index contributed by atoms with van der Waals surface area (Å²) in [6, 6.07) is 10.8. The molecule has 3 aromatic rings. The van der Waals surface area contributed by atoms with Gasteiger partial charge < -0.3 is 16.0 Å². The van der Waals surface area contributed by atoms with Gasteiger partial charge in [-0.15, -0.1) is 0 Å². The Bertz CT molecular complexity index is 1010. The van der Waals surface area contributed by atoms with Gasteiger partial charge in [-0.3, -0.25) is 4.98 Å². The van der Waals surface area contributed by atoms with Gasteiger partial charge in [0.1, 0.15) is 18.2 Å². The van der Waals surface area contributed by atoms with Crippen molar-refractivity contribution in [3.63, 3.8) is 0 Å². The molecule has 0 saturated carbocycles. The normalized spacial score (nSPS) is 11.8. The highest BCUT2D eigenvalue weighted by molar-refractivity contribution is 5.59. The number of benzene rings is 1. The van der Waals surface area contributed by atoms with Crippen LogP contribution in [-0.2, 0) is 12.7 Å². The quantitative estimate of drug-likeness (QED) is 0.436. The van der Waals surface area contributed by atoms with E-state index in [0.29, 0.717) is 5.69 Å². The first-order valence-corrected chi connectivity index (χ1v) is 8.86. The van der Waals surface area contributed by atoms with E-state index in [1.165, 1.54) is 18.2 Å². The molecule has 0 saturated heterocycles. The fraction of sp³-hybridized carbons (Fsp3) is 0.211. The molecule has 0 unspecified atom stereocenters. The lowest BCUT2D eigenvalue weighted by Crippen LogP contribution is -2.22. The topological polar surface area (TPSA) is 74.8 Å². The average molecular weight is 442 g/mol. The van der Waals surface area contributed by atoms with Crippen molar-refractivity contribution in [3.8, 4) is 0 Å². The van der Waals surface area contributed by atoms with Crippen LogP contribution in [0, 0.1) is 0 Å². The van der Waals surface area contributed by atoms with Gasteiger partial charge in [-0.2, -0.15) is 36.3 Å². The molecule has 0 atom stereocenters. The summed E-state index contributed by atoms with van der Waals surface area (Å²) in [5, 5.41) is 7.63. The van der Waals surface area contributed by atoms with E-state index in [9.17, 15) is 26.3 Å². The Morgan fingerprint density at radius 2 is 1.55 bits per heavy atom. The Labute approximate surface area is 172 Å². The molecular weight excluding hydrogens is 426 g/mol. The Morgan fingerprint density at radius 1 is 0.806 bits per heavy atom. The third-order valence-corrected chi connectivity index (χ3v) is 3.82. The number of rotatable bonds is 7. The van der Waals surface area contributed by atoms with Crippen molar-refractivity contribution in [2.24, 2.45) is 0 Å². The predicted molar refractivity (Wildman–Crippen MR) is 103 cm³/mol. The predicted octanol–water partition coefficient (Wildman–Crippen LogP) is 5.22. The van der Waals surface area contributed by atoms with Crippen LogP contribution in [0.15, 0.2) is 54.7 Å². The fourth-order valence-corrected chi connectivity index (χ4v) is 2.46. The molecule has 0 bridgehead atoms. The van der Waals surface area contributed by atoms with Gasteiger partial charge in [0.25, 0.3) is 0 Å². The molecular formula is C19H16F6N6. The van der Waals surface area contributed by atoms with E-state index in [0.717, 1.165) is 12.1 Å². The minimum atomic E-state index is -4.55. The lowest BCUT2D eigenvalue weighted by atomic mass is 10.2. The standard InChI is InChI=1S/C19H16F6N6/c20-18(21,22)11-28-16-9-15(27-10-14-5-1-2-7-26-14)30-17(31-16)29-13-6-3-4-12(8-13)19(23,24)25/h1-9H,10-11H2,(H3,27,28,29,30,31). The number of aromatic nitrogens is 3. The summed E-state index contributed by atoms with van der Waals surface area (Å²) in [6.45, 7) is -1.12. The molecule has 0 fully saturated rings. The van der Waals surface area contributed by atoms with Crippen LogP contribution < -0.4 is 16.0 Å². The molecule has 3 N–H and O–H groups in total. The van der Waals surface area contributed by atoms with Crippen LogP contribution in [0.25, 0.3) is 0 Å². The van der Waals surface area contributed by atoms with Gasteiger partial charge in [0.2, 0.25) is 5.95 Å². The monoisotopic (exact) mass is 442 g/mol. The maximum Gasteiger partial charge on any atom is 0.416 e. The zero-order valence-electron chi connectivity index (χ0n) is 15.7. The van der Waals surface area contributed by atoms with Gasteiger partial charge in [-0.25, -0.2) is 0 Å². The van der Waals surface area contributed by atoms with E-state index < -0.39 is 24.5 Å². The molecule has 0 aliphatic heterocycles. The Hall–Kier alpha value is -3.57. The SMILES string of the molecule is FC(F)(F)CNc1cc(NCc2ccccn2)nc(Nc2cccc(C(F)(F)F)c2)n1. The van der Waals surface area contributed by atoms with Crippen molar-refractivity contribution in [2.45, 2.75) is 18.9 Å². The summed E-state index contributed by atoms with van der Waals surface area (Å²) in [5.41, 5.74) is -0.214. The van der Waals surface area contributed by atoms with E-state index >= 15 is 0 Å². The van der Waals surface area contributed by atoms with Crippen molar-refractivity contribution in [3.05, 3.63) is 66.0 Å². The molecule has 3 rings (SSSR count). The van der Waals surface area contributed by atoms with Crippen LogP contribution in [-0.4, -0.2) is 27.7 Å². The third kappa shape index (κ3) is 7.01. The molecule has 1 aromatic carbocycles. The van der Waals surface area contributed by atoms with E-state index in [2.05, 4.69) is 30.9 Å². The number of pyridine rings is 1. The van der Waals surface area contributed by atoms with Crippen molar-refractivity contribution in [1.82, 2.24) is 15.0 Å². The summed E-state index contributed by atoms with van der Waals surface area (Å²) in [7, 11) is 0. The molecule has 164 valence electrons. The van der Waals surface area contributed by atoms with Crippen molar-refractivity contribution in [2.75, 3.05) is 22.5 Å². The Kier molecular flexibility index (Phi) is 6.47. The zero-order valence-corrected chi connectivity index (χ0v) is 15.7.